The Kier molecular flexibility index (Phi) is 4.45. The van der Waals surface area contributed by atoms with Gasteiger partial charge in [0.2, 0.25) is 0 Å². The number of aromatic nitrogens is 1. The number of hydrogen-bond acceptors (Lipinski definition) is 3. The van der Waals surface area contributed by atoms with E-state index in [0.29, 0.717) is 0 Å². The fraction of sp³-hybridized carbons (Fsp3) is 0.214. The SMILES string of the molecule is CNc1cc(CSCc2ccccc2)ccn1. The Morgan fingerprint density at radius 2 is 1.82 bits per heavy atom. The fourth-order valence-electron chi connectivity index (χ4n) is 1.56. The van der Waals surface area contributed by atoms with Crippen LogP contribution >= 0.6 is 11.8 Å². The van der Waals surface area contributed by atoms with Gasteiger partial charge in [-0.2, -0.15) is 11.8 Å². The van der Waals surface area contributed by atoms with Gasteiger partial charge >= 0.3 is 0 Å². The zero-order chi connectivity index (χ0) is 11.9. The molecule has 0 spiro atoms. The van der Waals surface area contributed by atoms with E-state index in [4.69, 9.17) is 0 Å². The third-order valence-corrected chi connectivity index (χ3v) is 3.54. The largest absolute Gasteiger partial charge is 0.373 e. The van der Waals surface area contributed by atoms with Gasteiger partial charge in [0.1, 0.15) is 5.82 Å². The molecule has 1 aromatic heterocycles. The van der Waals surface area contributed by atoms with E-state index < -0.39 is 0 Å². The van der Waals surface area contributed by atoms with Crippen LogP contribution in [0.25, 0.3) is 0 Å². The smallest absolute Gasteiger partial charge is 0.125 e. The molecule has 0 radical (unpaired) electrons. The van der Waals surface area contributed by atoms with Crippen LogP contribution in [-0.4, -0.2) is 12.0 Å². The fourth-order valence-corrected chi connectivity index (χ4v) is 2.51. The van der Waals surface area contributed by atoms with Crippen molar-refractivity contribution in [3.8, 4) is 0 Å². The van der Waals surface area contributed by atoms with Gasteiger partial charge in [-0.25, -0.2) is 4.98 Å². The zero-order valence-corrected chi connectivity index (χ0v) is 10.7. The van der Waals surface area contributed by atoms with E-state index in [1.165, 1.54) is 11.1 Å². The maximum atomic E-state index is 4.20. The summed E-state index contributed by atoms with van der Waals surface area (Å²) in [6, 6.07) is 14.7. The molecule has 0 saturated carbocycles. The van der Waals surface area contributed by atoms with Gasteiger partial charge in [-0.05, 0) is 23.3 Å². The molecule has 17 heavy (non-hydrogen) atoms. The van der Waals surface area contributed by atoms with Gasteiger partial charge in [0.15, 0.2) is 0 Å². The van der Waals surface area contributed by atoms with Crippen LogP contribution < -0.4 is 5.32 Å². The van der Waals surface area contributed by atoms with Crippen molar-refractivity contribution in [2.24, 2.45) is 0 Å². The quantitative estimate of drug-likeness (QED) is 0.870. The molecule has 3 heteroatoms. The second kappa shape index (κ2) is 6.30. The van der Waals surface area contributed by atoms with E-state index in [-0.39, 0.29) is 0 Å². The van der Waals surface area contributed by atoms with Crippen molar-refractivity contribution in [2.45, 2.75) is 11.5 Å². The van der Waals surface area contributed by atoms with Gasteiger partial charge in [0.05, 0.1) is 0 Å². The summed E-state index contributed by atoms with van der Waals surface area (Å²) in [5.74, 6) is 3.01. The molecular formula is C14H16N2S. The van der Waals surface area contributed by atoms with Crippen molar-refractivity contribution in [1.29, 1.82) is 0 Å². The van der Waals surface area contributed by atoms with Crippen LogP contribution in [0.2, 0.25) is 0 Å². The van der Waals surface area contributed by atoms with E-state index in [2.05, 4.69) is 52.8 Å². The van der Waals surface area contributed by atoms with Gasteiger partial charge in [-0.1, -0.05) is 30.3 Å². The lowest BCUT2D eigenvalue weighted by molar-refractivity contribution is 1.24. The summed E-state index contributed by atoms with van der Waals surface area (Å²) >= 11 is 1.92. The molecule has 0 aliphatic carbocycles. The molecule has 0 fully saturated rings. The summed E-state index contributed by atoms with van der Waals surface area (Å²) in [5.41, 5.74) is 2.69. The van der Waals surface area contributed by atoms with Gasteiger partial charge in [0, 0.05) is 24.8 Å². The maximum Gasteiger partial charge on any atom is 0.125 e. The standard InChI is InChI=1S/C14H16N2S/c1-15-14-9-13(7-8-16-14)11-17-10-12-5-3-2-4-6-12/h2-9H,10-11H2,1H3,(H,15,16). The molecule has 1 N–H and O–H groups in total. The number of benzene rings is 1. The Labute approximate surface area is 106 Å². The first-order chi connectivity index (χ1) is 8.38. The van der Waals surface area contributed by atoms with Crippen LogP contribution in [0.1, 0.15) is 11.1 Å². The van der Waals surface area contributed by atoms with E-state index >= 15 is 0 Å². The van der Waals surface area contributed by atoms with E-state index in [0.717, 1.165) is 17.3 Å². The lowest BCUT2D eigenvalue weighted by atomic mass is 10.2. The number of anilines is 1. The molecule has 0 atom stereocenters. The van der Waals surface area contributed by atoms with E-state index in [1.54, 1.807) is 0 Å². The molecule has 88 valence electrons. The zero-order valence-electron chi connectivity index (χ0n) is 9.89. The summed E-state index contributed by atoms with van der Waals surface area (Å²) in [6.45, 7) is 0. The lowest BCUT2D eigenvalue weighted by Gasteiger charge is -2.04. The highest BCUT2D eigenvalue weighted by Crippen LogP contribution is 2.18. The van der Waals surface area contributed by atoms with Crippen LogP contribution in [-0.2, 0) is 11.5 Å². The van der Waals surface area contributed by atoms with Gasteiger partial charge in [-0.3, -0.25) is 0 Å². The number of hydrogen-bond donors (Lipinski definition) is 1. The normalized spacial score (nSPS) is 10.2. The van der Waals surface area contributed by atoms with Gasteiger partial charge in [0.25, 0.3) is 0 Å². The molecule has 0 unspecified atom stereocenters. The molecule has 0 aliphatic rings. The minimum absolute atomic E-state index is 0.933. The van der Waals surface area contributed by atoms with E-state index in [9.17, 15) is 0 Å². The summed E-state index contributed by atoms with van der Waals surface area (Å²) in [5, 5.41) is 3.06. The first-order valence-corrected chi connectivity index (χ1v) is 6.78. The molecule has 2 rings (SSSR count). The minimum Gasteiger partial charge on any atom is -0.373 e. The third kappa shape index (κ3) is 3.79. The van der Waals surface area contributed by atoms with Crippen LogP contribution in [0.5, 0.6) is 0 Å². The highest BCUT2D eigenvalue weighted by Gasteiger charge is 1.97. The Balaban J connectivity index is 1.86. The maximum absolute atomic E-state index is 4.20. The van der Waals surface area contributed by atoms with Gasteiger partial charge < -0.3 is 5.32 Å². The van der Waals surface area contributed by atoms with Crippen molar-refractivity contribution in [2.75, 3.05) is 12.4 Å². The second-order valence-electron chi connectivity index (χ2n) is 3.78. The van der Waals surface area contributed by atoms with Crippen LogP contribution in [0.3, 0.4) is 0 Å². The minimum atomic E-state index is 0.933. The molecule has 0 bridgehead atoms. The van der Waals surface area contributed by atoms with Crippen LogP contribution in [0, 0.1) is 0 Å². The van der Waals surface area contributed by atoms with Crippen LogP contribution in [0.4, 0.5) is 5.82 Å². The number of thioether (sulfide) groups is 1. The predicted octanol–water partition coefficient (Wildman–Crippen LogP) is 3.56. The average Bonchev–Trinajstić information content (AvgIpc) is 2.40. The molecule has 0 aliphatic heterocycles. The molecule has 2 aromatic rings. The molecule has 0 amide bonds. The highest BCUT2D eigenvalue weighted by atomic mass is 32.2. The molecule has 0 saturated heterocycles. The van der Waals surface area contributed by atoms with E-state index in [1.807, 2.05) is 25.0 Å². The van der Waals surface area contributed by atoms with Crippen molar-refractivity contribution in [3.63, 3.8) is 0 Å². The first-order valence-electron chi connectivity index (χ1n) is 5.63. The number of pyridine rings is 1. The molecule has 1 aromatic carbocycles. The number of nitrogens with one attached hydrogen (secondary N) is 1. The topological polar surface area (TPSA) is 24.9 Å². The lowest BCUT2D eigenvalue weighted by Crippen LogP contribution is -1.93. The Morgan fingerprint density at radius 3 is 2.59 bits per heavy atom. The van der Waals surface area contributed by atoms with Crippen LogP contribution in [0.15, 0.2) is 48.7 Å². The number of nitrogens with zero attached hydrogens (tertiary/aromatic N) is 1. The highest BCUT2D eigenvalue weighted by molar-refractivity contribution is 7.97. The molecule has 1 heterocycles. The number of rotatable bonds is 5. The summed E-state index contributed by atoms with van der Waals surface area (Å²) < 4.78 is 0. The monoisotopic (exact) mass is 244 g/mol. The summed E-state index contributed by atoms with van der Waals surface area (Å²) in [6.07, 6.45) is 1.85. The van der Waals surface area contributed by atoms with Crippen molar-refractivity contribution in [3.05, 3.63) is 59.8 Å². The summed E-state index contributed by atoms with van der Waals surface area (Å²) in [7, 11) is 1.89. The predicted molar refractivity (Wildman–Crippen MR) is 75.2 cm³/mol. The average molecular weight is 244 g/mol. The second-order valence-corrected chi connectivity index (χ2v) is 4.76. The Hall–Kier alpha value is -1.48. The van der Waals surface area contributed by atoms with Crippen molar-refractivity contribution < 1.29 is 0 Å². The Morgan fingerprint density at radius 1 is 1.06 bits per heavy atom. The van der Waals surface area contributed by atoms with Crippen molar-refractivity contribution >= 4 is 17.6 Å². The third-order valence-electron chi connectivity index (χ3n) is 2.46. The summed E-state index contributed by atoms with van der Waals surface area (Å²) in [4.78, 5) is 4.20. The molecular weight excluding hydrogens is 228 g/mol. The van der Waals surface area contributed by atoms with Gasteiger partial charge in [-0.15, -0.1) is 0 Å². The first kappa shape index (κ1) is 12.0. The molecule has 2 nitrogen and oxygen atoms in total. The van der Waals surface area contributed by atoms with Crippen molar-refractivity contribution in [1.82, 2.24) is 4.98 Å². The Bertz CT molecular complexity index is 457.